The van der Waals surface area contributed by atoms with Crippen molar-refractivity contribution in [3.63, 3.8) is 0 Å². The highest BCUT2D eigenvalue weighted by atomic mass is 32.1. The van der Waals surface area contributed by atoms with Crippen LogP contribution in [0.25, 0.3) is 11.2 Å². The summed E-state index contributed by atoms with van der Waals surface area (Å²) in [7, 11) is 0. The molecule has 0 spiro atoms. The van der Waals surface area contributed by atoms with E-state index in [4.69, 9.17) is 5.73 Å². The number of nitrogens with one attached hydrogen (secondary N) is 11. The number of anilines is 2. The molecular formula is C55H83N15O28S. The summed E-state index contributed by atoms with van der Waals surface area (Å²) in [5.41, 5.74) is 6.15. The molecule has 552 valence electrons. The molecule has 29 N–H and O–H groups in total. The molecule has 0 aliphatic carbocycles. The smallest absolute Gasteiger partial charge is 0.327 e. The van der Waals surface area contributed by atoms with Crippen molar-refractivity contribution in [2.24, 2.45) is 0 Å². The van der Waals surface area contributed by atoms with Gasteiger partial charge in [0.1, 0.15) is 85.1 Å². The number of carbonyl (C=O) groups is 11. The Morgan fingerprint density at radius 2 is 0.960 bits per heavy atom. The van der Waals surface area contributed by atoms with E-state index in [2.05, 4.69) is 59.1 Å². The van der Waals surface area contributed by atoms with Crippen molar-refractivity contribution in [3.8, 4) is 0 Å². The Balaban J connectivity index is 1.67. The number of benzene rings is 1. The Labute approximate surface area is 564 Å². The molecule has 0 radical (unpaired) electrons. The van der Waals surface area contributed by atoms with Gasteiger partial charge in [0.2, 0.25) is 53.2 Å². The van der Waals surface area contributed by atoms with Crippen molar-refractivity contribution in [2.45, 2.75) is 149 Å². The molecule has 1 aromatic carbocycles. The van der Waals surface area contributed by atoms with E-state index < -0.39 is 252 Å². The van der Waals surface area contributed by atoms with E-state index in [0.29, 0.717) is 11.4 Å². The summed E-state index contributed by atoms with van der Waals surface area (Å²) in [5.74, 6) is -15.8. The lowest BCUT2D eigenvalue weighted by molar-refractivity contribution is -0.147. The van der Waals surface area contributed by atoms with Crippen molar-refractivity contribution in [1.29, 1.82) is 0 Å². The van der Waals surface area contributed by atoms with Crippen LogP contribution in [-0.4, -0.2) is 316 Å². The third-order valence-electron chi connectivity index (χ3n) is 14.3. The number of H-pyrrole nitrogens is 1. The summed E-state index contributed by atoms with van der Waals surface area (Å²) in [4.78, 5) is 170. The number of nitrogens with two attached hydrogens (primary N) is 1. The molecule has 43 nitrogen and oxygen atoms in total. The minimum absolute atomic E-state index is 0.0232. The summed E-state index contributed by atoms with van der Waals surface area (Å²) in [6.45, 7) is -5.51. The van der Waals surface area contributed by atoms with Gasteiger partial charge < -0.3 is 141 Å². The Kier molecular flexibility index (Phi) is 35.8. The lowest BCUT2D eigenvalue weighted by Gasteiger charge is -2.30. The zero-order chi connectivity index (χ0) is 74.4. The van der Waals surface area contributed by atoms with Gasteiger partial charge in [-0.1, -0.05) is 0 Å². The van der Waals surface area contributed by atoms with E-state index in [1.165, 1.54) is 18.3 Å². The van der Waals surface area contributed by atoms with Gasteiger partial charge in [-0.05, 0) is 43.5 Å². The first-order valence-electron chi connectivity index (χ1n) is 30.0. The second-order valence-corrected chi connectivity index (χ2v) is 22.2. The largest absolute Gasteiger partial charge is 0.480 e. The number of hydrogen-bond acceptors (Lipinski definition) is 32. The number of aromatic amines is 1. The van der Waals surface area contributed by atoms with Gasteiger partial charge in [0, 0.05) is 69.1 Å². The molecule has 9 amide bonds. The maximum absolute atomic E-state index is 13.7. The van der Waals surface area contributed by atoms with Gasteiger partial charge in [-0.25, -0.2) is 19.6 Å². The number of aliphatic hydroxyl groups is 14. The van der Waals surface area contributed by atoms with Crippen molar-refractivity contribution < 1.29 is 134 Å². The number of nitrogen functional groups attached to an aromatic ring is 1. The number of thiol groups is 1. The Hall–Kier alpha value is -9.00. The molecule has 16 atom stereocenters. The monoisotopic (exact) mass is 1430 g/mol. The lowest BCUT2D eigenvalue weighted by Crippen LogP contribution is -2.62. The highest BCUT2D eigenvalue weighted by Gasteiger charge is 2.42. The topological polar surface area (TPSA) is 729 Å². The van der Waals surface area contributed by atoms with Crippen LogP contribution in [0.5, 0.6) is 0 Å². The van der Waals surface area contributed by atoms with Crippen LogP contribution in [0, 0.1) is 0 Å². The van der Waals surface area contributed by atoms with Crippen LogP contribution in [0.15, 0.2) is 35.3 Å². The zero-order valence-corrected chi connectivity index (χ0v) is 53.3. The Morgan fingerprint density at radius 1 is 0.515 bits per heavy atom. The number of carbonyl (C=O) groups excluding carboxylic acids is 9. The van der Waals surface area contributed by atoms with E-state index in [1.807, 2.05) is 21.3 Å². The third kappa shape index (κ3) is 27.0. The van der Waals surface area contributed by atoms with Gasteiger partial charge in [-0.3, -0.25) is 52.9 Å². The van der Waals surface area contributed by atoms with Gasteiger partial charge in [0.25, 0.3) is 11.5 Å². The molecule has 2 aromatic heterocycles. The second-order valence-electron chi connectivity index (χ2n) is 21.8. The number of carboxylic acids is 2. The molecule has 0 saturated heterocycles. The number of fused-ring (bicyclic) bond motifs is 1. The van der Waals surface area contributed by atoms with Gasteiger partial charge in [-0.15, -0.1) is 0 Å². The first-order valence-corrected chi connectivity index (χ1v) is 30.6. The first kappa shape index (κ1) is 84.2. The number of amides is 9. The second kappa shape index (κ2) is 42.1. The van der Waals surface area contributed by atoms with E-state index >= 15 is 0 Å². The van der Waals surface area contributed by atoms with Crippen molar-refractivity contribution in [2.75, 3.05) is 62.9 Å². The zero-order valence-electron chi connectivity index (χ0n) is 52.4. The number of hydrogen-bond donors (Lipinski definition) is 29. The average Bonchev–Trinajstić information content (AvgIpc) is 0.831. The predicted molar refractivity (Wildman–Crippen MR) is 336 cm³/mol. The predicted octanol–water partition coefficient (Wildman–Crippen LogP) is -13.8. The lowest BCUT2D eigenvalue weighted by atomic mass is 9.99. The average molecular weight is 1430 g/mol. The Bertz CT molecular complexity index is 3270. The normalized spacial score (nSPS) is 16.2. The minimum atomic E-state index is -2.64. The van der Waals surface area contributed by atoms with Crippen molar-refractivity contribution in [1.82, 2.24) is 67.8 Å². The summed E-state index contributed by atoms with van der Waals surface area (Å²) in [5, 5.41) is 183. The molecule has 0 saturated carbocycles. The van der Waals surface area contributed by atoms with Crippen LogP contribution >= 0.6 is 12.6 Å². The molecule has 3 rings (SSSR count). The van der Waals surface area contributed by atoms with Crippen LogP contribution in [0.1, 0.15) is 61.0 Å². The molecule has 99 heavy (non-hydrogen) atoms. The van der Waals surface area contributed by atoms with Crippen LogP contribution in [0.3, 0.4) is 0 Å². The van der Waals surface area contributed by atoms with Gasteiger partial charge in [0.05, 0.1) is 50.3 Å². The number of aliphatic hydroxyl groups excluding tert-OH is 14. The third-order valence-corrected chi connectivity index (χ3v) is 14.7. The molecule has 44 heteroatoms. The molecule has 2 unspecified atom stereocenters. The molecule has 3 aromatic rings. The van der Waals surface area contributed by atoms with Gasteiger partial charge in [-0.2, -0.15) is 17.6 Å². The summed E-state index contributed by atoms with van der Waals surface area (Å²) in [6.07, 6.45) is -26.0. The SMILES string of the molecule is Nc1nc2ncc(CNc3ccc(C(=O)NCCCC(=O)N[C@H](C(=O)NCCC(=O)NC(C(=O)N[C@@H](CC(=O)N[C@H](C(=O)NCCC(=O)NC(C(=O)N[C@@H](CS)C(=O)O)[C@@H](O)[C@H](O)[C@H](O)CO)[C@@H](O)[C@H](O)CCO)C(=O)O)[C@@H](O)[C@H](O)[C@H](O)CO)[C@@H](O)[C@H](O)CCO)cc3)nc2c(=O)[nH]1. The fraction of sp³-hybridized carbons (Fsp3) is 0.582. The first-order chi connectivity index (χ1) is 46.7. The molecule has 0 fully saturated rings. The minimum Gasteiger partial charge on any atom is -0.480 e. The van der Waals surface area contributed by atoms with Gasteiger partial charge in [0.15, 0.2) is 11.2 Å². The van der Waals surface area contributed by atoms with Crippen molar-refractivity contribution >= 4 is 101 Å². The van der Waals surface area contributed by atoms with E-state index in [1.54, 1.807) is 17.4 Å². The standard InChI is InChI=1S/C55H83N15O28S/c56-55-69-46-39(52(94)70-55)62-24(18-61-46)17-60-23-5-3-22(4-6-23)47(89)57-11-1-2-31(79)65-35(40(83)27(75)9-14-71)48(90)58-12-7-32(80)66-37(44(87)42(85)29(77)19-73)50(92)63-25(53(95)96)16-34(82)68-36(41(84)28(76)10-15-72)49(91)59-13-8-33(81)67-38(45(88)43(86)30(78)20-74)51(93)64-26(21-99)54(97)98/h3-6,18,25-30,35-38,40-45,60,71-78,83-88,99H,1-2,7-17,19-21H2,(H,57,89)(H,58,90)(H,59,91)(H,63,92)(H,64,93)(H,65,79)(H,66,80)(H,67,81)(H,68,82)(H,95,96)(H,97,98)(H3,56,61,69,70,94)/t25-,26-,27+,28+,29+,30+,35-,36-,37?,38?,40-,41-,42+,43+,44+,45+/m0/s1. The number of aliphatic carboxylic acids is 2. The van der Waals surface area contributed by atoms with E-state index in [-0.39, 0.29) is 42.2 Å². The van der Waals surface area contributed by atoms with E-state index in [9.17, 15) is 139 Å². The highest BCUT2D eigenvalue weighted by Crippen LogP contribution is 2.15. The fourth-order valence-electron chi connectivity index (χ4n) is 8.76. The van der Waals surface area contributed by atoms with Crippen molar-refractivity contribution in [3.05, 3.63) is 52.1 Å². The summed E-state index contributed by atoms with van der Waals surface area (Å²) >= 11 is 3.78. The fourth-order valence-corrected chi connectivity index (χ4v) is 9.01. The molecule has 0 bridgehead atoms. The number of nitrogens with zero attached hydrogens (tertiary/aromatic N) is 3. The molecule has 0 aliphatic rings. The summed E-state index contributed by atoms with van der Waals surface area (Å²) < 4.78 is 0. The van der Waals surface area contributed by atoms with Crippen LogP contribution < -0.4 is 64.5 Å². The van der Waals surface area contributed by atoms with Gasteiger partial charge >= 0.3 is 11.9 Å². The van der Waals surface area contributed by atoms with Crippen LogP contribution in [0.2, 0.25) is 0 Å². The summed E-state index contributed by atoms with van der Waals surface area (Å²) in [6, 6.07) is -7.13. The highest BCUT2D eigenvalue weighted by molar-refractivity contribution is 7.80. The number of aromatic nitrogens is 4. The maximum atomic E-state index is 13.7. The molecular weight excluding hydrogens is 1350 g/mol. The number of carboxylic acid groups (broad SMARTS) is 2. The van der Waals surface area contributed by atoms with Crippen LogP contribution in [0.4, 0.5) is 11.6 Å². The Morgan fingerprint density at radius 3 is 1.40 bits per heavy atom. The molecule has 0 aliphatic heterocycles. The number of rotatable bonds is 45. The van der Waals surface area contributed by atoms with Crippen LogP contribution in [-0.2, 0) is 54.5 Å². The maximum Gasteiger partial charge on any atom is 0.327 e. The molecule has 2 heterocycles. The van der Waals surface area contributed by atoms with E-state index in [0.717, 1.165) is 0 Å². The quantitative estimate of drug-likeness (QED) is 0.0185.